The fourth-order valence-electron chi connectivity index (χ4n) is 5.32. The van der Waals surface area contributed by atoms with Crippen LogP contribution in [0.1, 0.15) is 32.4 Å². The van der Waals surface area contributed by atoms with Crippen molar-refractivity contribution >= 4 is 23.3 Å². The first-order chi connectivity index (χ1) is 17.6. The van der Waals surface area contributed by atoms with Gasteiger partial charge in [-0.15, -0.1) is 5.10 Å². The van der Waals surface area contributed by atoms with Crippen LogP contribution in [-0.2, 0) is 12.7 Å². The number of fused-ring (bicyclic) bond motifs is 1. The van der Waals surface area contributed by atoms with Crippen molar-refractivity contribution in [1.82, 2.24) is 19.7 Å². The molecule has 1 fully saturated rings. The van der Waals surface area contributed by atoms with Crippen molar-refractivity contribution in [1.29, 1.82) is 0 Å². The second-order valence-electron chi connectivity index (χ2n) is 9.63. The molecule has 3 atom stereocenters. The predicted molar refractivity (Wildman–Crippen MR) is 130 cm³/mol. The van der Waals surface area contributed by atoms with Gasteiger partial charge in [0, 0.05) is 49.3 Å². The first-order valence-corrected chi connectivity index (χ1v) is 12.4. The molecule has 37 heavy (non-hydrogen) atoms. The van der Waals surface area contributed by atoms with Gasteiger partial charge < -0.3 is 15.1 Å². The van der Waals surface area contributed by atoms with Crippen LogP contribution in [0, 0.1) is 23.5 Å². The Morgan fingerprint density at radius 1 is 1.08 bits per heavy atom. The number of aromatic nitrogens is 4. The Kier molecular flexibility index (Phi) is 6.67. The summed E-state index contributed by atoms with van der Waals surface area (Å²) in [6.07, 6.45) is -1.41. The number of benzene rings is 1. The Labute approximate surface area is 211 Å². The van der Waals surface area contributed by atoms with Crippen LogP contribution >= 0.6 is 0 Å². The van der Waals surface area contributed by atoms with Gasteiger partial charge in [0.15, 0.2) is 11.6 Å². The Balaban J connectivity index is 1.32. The lowest BCUT2D eigenvalue weighted by Crippen LogP contribution is -2.38. The molecule has 198 valence electrons. The molecule has 0 amide bonds. The number of alkyl halides is 3. The fourth-order valence-corrected chi connectivity index (χ4v) is 5.32. The molecular weight excluding hydrogens is 493 g/mol. The van der Waals surface area contributed by atoms with Crippen molar-refractivity contribution in [3.8, 4) is 0 Å². The molecule has 3 aromatic rings. The largest absolute Gasteiger partial charge is 0.433 e. The van der Waals surface area contributed by atoms with Gasteiger partial charge in [0.2, 0.25) is 11.9 Å². The summed E-state index contributed by atoms with van der Waals surface area (Å²) in [6.45, 7) is 6.29. The SMILES string of the molecule is CCN(C[C@@H]1CC[C@H](C)[C@H]1Nc1nc2n(n1)CCN2c1ccc(F)c(F)c1)c1ccnc(C(F)(F)F)c1. The highest BCUT2D eigenvalue weighted by atomic mass is 19.4. The second kappa shape index (κ2) is 9.79. The topological polar surface area (TPSA) is 62.1 Å². The highest BCUT2D eigenvalue weighted by molar-refractivity contribution is 5.60. The zero-order valence-corrected chi connectivity index (χ0v) is 20.5. The van der Waals surface area contributed by atoms with E-state index in [4.69, 9.17) is 0 Å². The minimum Gasteiger partial charge on any atom is -0.371 e. The lowest BCUT2D eigenvalue weighted by molar-refractivity contribution is -0.141. The molecule has 3 heterocycles. The summed E-state index contributed by atoms with van der Waals surface area (Å²) in [4.78, 5) is 11.8. The van der Waals surface area contributed by atoms with E-state index < -0.39 is 23.5 Å². The lowest BCUT2D eigenvalue weighted by atomic mass is 9.98. The third-order valence-electron chi connectivity index (χ3n) is 7.29. The van der Waals surface area contributed by atoms with Crippen LogP contribution in [0.25, 0.3) is 0 Å². The van der Waals surface area contributed by atoms with Crippen molar-refractivity contribution in [2.24, 2.45) is 11.8 Å². The van der Waals surface area contributed by atoms with Crippen molar-refractivity contribution in [3.05, 3.63) is 53.9 Å². The summed E-state index contributed by atoms with van der Waals surface area (Å²) < 4.78 is 68.5. The first-order valence-electron chi connectivity index (χ1n) is 12.4. The highest BCUT2D eigenvalue weighted by Gasteiger charge is 2.37. The van der Waals surface area contributed by atoms with E-state index in [2.05, 4.69) is 27.3 Å². The number of pyridine rings is 1. The average Bonchev–Trinajstić information content (AvgIpc) is 3.54. The molecule has 1 saturated carbocycles. The van der Waals surface area contributed by atoms with Crippen LogP contribution in [0.5, 0.6) is 0 Å². The van der Waals surface area contributed by atoms with E-state index in [1.807, 2.05) is 11.8 Å². The van der Waals surface area contributed by atoms with Gasteiger partial charge in [-0.25, -0.2) is 13.5 Å². The summed E-state index contributed by atoms with van der Waals surface area (Å²) in [5.74, 6) is -0.366. The number of nitrogens with zero attached hydrogens (tertiary/aromatic N) is 6. The van der Waals surface area contributed by atoms with Crippen molar-refractivity contribution in [3.63, 3.8) is 0 Å². The van der Waals surface area contributed by atoms with Crippen LogP contribution in [0.3, 0.4) is 0 Å². The number of anilines is 4. The Morgan fingerprint density at radius 3 is 2.62 bits per heavy atom. The average molecular weight is 522 g/mol. The molecule has 1 aliphatic carbocycles. The minimum atomic E-state index is -4.50. The summed E-state index contributed by atoms with van der Waals surface area (Å²) in [5, 5.41) is 8.03. The molecule has 1 aliphatic heterocycles. The summed E-state index contributed by atoms with van der Waals surface area (Å²) in [5.41, 5.74) is 0.0856. The first kappa shape index (κ1) is 25.2. The van der Waals surface area contributed by atoms with E-state index in [-0.39, 0.29) is 12.0 Å². The van der Waals surface area contributed by atoms with Crippen LogP contribution in [0.2, 0.25) is 0 Å². The Hall–Kier alpha value is -3.44. The third kappa shape index (κ3) is 5.05. The lowest BCUT2D eigenvalue weighted by Gasteiger charge is -2.31. The summed E-state index contributed by atoms with van der Waals surface area (Å²) in [6, 6.07) is 6.47. The van der Waals surface area contributed by atoms with E-state index in [9.17, 15) is 22.0 Å². The molecule has 5 rings (SSSR count). The van der Waals surface area contributed by atoms with E-state index in [0.717, 1.165) is 31.0 Å². The monoisotopic (exact) mass is 521 g/mol. The minimum absolute atomic E-state index is 0.0258. The van der Waals surface area contributed by atoms with Crippen LogP contribution < -0.4 is 15.1 Å². The maximum absolute atomic E-state index is 13.8. The zero-order chi connectivity index (χ0) is 26.3. The van der Waals surface area contributed by atoms with Gasteiger partial charge in [-0.3, -0.25) is 4.98 Å². The molecule has 0 radical (unpaired) electrons. The van der Waals surface area contributed by atoms with Crippen LogP contribution in [-0.4, -0.2) is 45.4 Å². The van der Waals surface area contributed by atoms with E-state index in [0.29, 0.717) is 55.4 Å². The Morgan fingerprint density at radius 2 is 1.89 bits per heavy atom. The molecule has 7 nitrogen and oxygen atoms in total. The number of halogens is 5. The maximum atomic E-state index is 13.8. The molecule has 2 aromatic heterocycles. The number of hydrogen-bond acceptors (Lipinski definition) is 6. The van der Waals surface area contributed by atoms with E-state index in [1.165, 1.54) is 12.3 Å². The smallest absolute Gasteiger partial charge is 0.371 e. The standard InChI is InChI=1S/C25H28F5N7/c1-3-35(17-8-9-31-21(13-17)25(28,29)30)14-16-5-4-15(2)22(16)32-23-33-24-36(10-11-37(24)34-23)18-6-7-19(26)20(27)12-18/h6-9,12-13,15-16,22H,3-5,10-11,14H2,1-2H3,(H,32,34)/t15-,16-,22+/m0/s1. The summed E-state index contributed by atoms with van der Waals surface area (Å²) >= 11 is 0. The molecule has 0 bridgehead atoms. The Bertz CT molecular complexity index is 1260. The molecule has 1 aromatic carbocycles. The van der Waals surface area contributed by atoms with Gasteiger partial charge in [-0.2, -0.15) is 18.2 Å². The van der Waals surface area contributed by atoms with Crippen molar-refractivity contribution in [2.45, 2.75) is 45.5 Å². The molecule has 2 aliphatic rings. The normalized spacial score (nSPS) is 21.4. The second-order valence-corrected chi connectivity index (χ2v) is 9.63. The van der Waals surface area contributed by atoms with Gasteiger partial charge in [-0.1, -0.05) is 6.92 Å². The van der Waals surface area contributed by atoms with Crippen molar-refractivity contribution in [2.75, 3.05) is 34.8 Å². The quantitative estimate of drug-likeness (QED) is 0.416. The highest BCUT2D eigenvalue weighted by Crippen LogP contribution is 2.37. The number of nitrogens with one attached hydrogen (secondary N) is 1. The fraction of sp³-hybridized carbons (Fsp3) is 0.480. The number of rotatable bonds is 7. The third-order valence-corrected chi connectivity index (χ3v) is 7.29. The summed E-state index contributed by atoms with van der Waals surface area (Å²) in [7, 11) is 0. The number of hydrogen-bond donors (Lipinski definition) is 1. The van der Waals surface area contributed by atoms with Crippen molar-refractivity contribution < 1.29 is 22.0 Å². The molecule has 0 spiro atoms. The predicted octanol–water partition coefficient (Wildman–Crippen LogP) is 5.47. The van der Waals surface area contributed by atoms with E-state index >= 15 is 0 Å². The molecule has 0 unspecified atom stereocenters. The molecule has 12 heteroatoms. The molecule has 0 saturated heterocycles. The maximum Gasteiger partial charge on any atom is 0.433 e. The van der Waals surface area contributed by atoms with Crippen LogP contribution in [0.4, 0.5) is 45.2 Å². The van der Waals surface area contributed by atoms with Gasteiger partial charge in [0.25, 0.3) is 0 Å². The van der Waals surface area contributed by atoms with Gasteiger partial charge in [0.05, 0.1) is 6.54 Å². The van der Waals surface area contributed by atoms with Gasteiger partial charge >= 0.3 is 6.18 Å². The zero-order valence-electron chi connectivity index (χ0n) is 20.5. The van der Waals surface area contributed by atoms with Gasteiger partial charge in [-0.05, 0) is 55.9 Å². The van der Waals surface area contributed by atoms with E-state index in [1.54, 1.807) is 15.6 Å². The van der Waals surface area contributed by atoms with Crippen LogP contribution in [0.15, 0.2) is 36.5 Å². The molecular formula is C25H28F5N7. The molecule has 1 N–H and O–H groups in total. The van der Waals surface area contributed by atoms with Gasteiger partial charge in [0.1, 0.15) is 5.69 Å².